The Bertz CT molecular complexity index is 585. The lowest BCUT2D eigenvalue weighted by atomic mass is 10.00. The first-order chi connectivity index (χ1) is 10.1. The minimum Gasteiger partial charge on any atom is -0.326 e. The molecule has 0 amide bonds. The second-order valence-electron chi connectivity index (χ2n) is 5.25. The second kappa shape index (κ2) is 7.88. The van der Waals surface area contributed by atoms with E-state index in [1.165, 1.54) is 16.7 Å². The summed E-state index contributed by atoms with van der Waals surface area (Å²) in [6.45, 7) is 4.30. The van der Waals surface area contributed by atoms with Gasteiger partial charge in [0, 0.05) is 22.1 Å². The molecule has 0 saturated heterocycles. The molecule has 112 valence electrons. The first-order valence-corrected chi connectivity index (χ1v) is 8.72. The average molecular weight is 320 g/mol. The SMILES string of the molecule is CCC(N)C(SCc1ccccc1Cl)c1ccccc1C. The van der Waals surface area contributed by atoms with Crippen molar-refractivity contribution < 1.29 is 0 Å². The smallest absolute Gasteiger partial charge is 0.0454 e. The zero-order valence-corrected chi connectivity index (χ0v) is 14.1. The van der Waals surface area contributed by atoms with E-state index >= 15 is 0 Å². The molecule has 0 saturated carbocycles. The summed E-state index contributed by atoms with van der Waals surface area (Å²) >= 11 is 8.13. The first-order valence-electron chi connectivity index (χ1n) is 7.29. The van der Waals surface area contributed by atoms with Gasteiger partial charge in [-0.3, -0.25) is 0 Å². The summed E-state index contributed by atoms with van der Waals surface area (Å²) in [5.74, 6) is 0.881. The van der Waals surface area contributed by atoms with E-state index in [0.717, 1.165) is 17.2 Å². The van der Waals surface area contributed by atoms with Gasteiger partial charge in [0.05, 0.1) is 0 Å². The number of benzene rings is 2. The van der Waals surface area contributed by atoms with Gasteiger partial charge in [-0.05, 0) is 36.1 Å². The van der Waals surface area contributed by atoms with Crippen LogP contribution < -0.4 is 5.73 Å². The zero-order chi connectivity index (χ0) is 15.2. The molecule has 2 unspecified atom stereocenters. The van der Waals surface area contributed by atoms with Crippen molar-refractivity contribution in [1.29, 1.82) is 0 Å². The molecular formula is C18H22ClNS. The van der Waals surface area contributed by atoms with Crippen LogP contribution in [-0.2, 0) is 5.75 Å². The maximum absolute atomic E-state index is 6.37. The molecule has 2 aromatic carbocycles. The summed E-state index contributed by atoms with van der Waals surface area (Å²) in [4.78, 5) is 0. The third kappa shape index (κ3) is 4.26. The molecule has 0 bridgehead atoms. The molecule has 0 spiro atoms. The Hall–Kier alpha value is -0.960. The van der Waals surface area contributed by atoms with Gasteiger partial charge in [0.1, 0.15) is 0 Å². The number of nitrogens with two attached hydrogens (primary N) is 1. The zero-order valence-electron chi connectivity index (χ0n) is 12.6. The summed E-state index contributed by atoms with van der Waals surface area (Å²) in [5, 5.41) is 1.13. The molecule has 0 aliphatic heterocycles. The maximum Gasteiger partial charge on any atom is 0.0454 e. The highest BCUT2D eigenvalue weighted by Crippen LogP contribution is 2.37. The van der Waals surface area contributed by atoms with Crippen molar-refractivity contribution in [3.63, 3.8) is 0 Å². The predicted octanol–water partition coefficient (Wildman–Crippen LogP) is 5.36. The number of rotatable bonds is 6. The lowest BCUT2D eigenvalue weighted by Crippen LogP contribution is -2.26. The van der Waals surface area contributed by atoms with Crippen LogP contribution in [0.2, 0.25) is 5.02 Å². The van der Waals surface area contributed by atoms with E-state index < -0.39 is 0 Å². The maximum atomic E-state index is 6.37. The summed E-state index contributed by atoms with van der Waals surface area (Å²) < 4.78 is 0. The Labute approximate surface area is 136 Å². The van der Waals surface area contributed by atoms with E-state index in [1.807, 2.05) is 30.0 Å². The Balaban J connectivity index is 2.18. The molecule has 0 fully saturated rings. The number of halogens is 1. The Morgan fingerprint density at radius 3 is 2.43 bits per heavy atom. The van der Waals surface area contributed by atoms with Crippen molar-refractivity contribution in [2.24, 2.45) is 5.73 Å². The highest BCUT2D eigenvalue weighted by atomic mass is 35.5. The van der Waals surface area contributed by atoms with Crippen LogP contribution >= 0.6 is 23.4 Å². The van der Waals surface area contributed by atoms with E-state index in [2.05, 4.69) is 44.2 Å². The predicted molar refractivity (Wildman–Crippen MR) is 94.9 cm³/mol. The molecule has 0 heterocycles. The average Bonchev–Trinajstić information content (AvgIpc) is 2.50. The van der Waals surface area contributed by atoms with E-state index in [1.54, 1.807) is 0 Å². The summed E-state index contributed by atoms with van der Waals surface area (Å²) in [5.41, 5.74) is 10.2. The molecule has 1 nitrogen and oxygen atoms in total. The van der Waals surface area contributed by atoms with E-state index in [4.69, 9.17) is 17.3 Å². The Kier molecular flexibility index (Phi) is 6.16. The van der Waals surface area contributed by atoms with Crippen molar-refractivity contribution in [2.75, 3.05) is 0 Å². The van der Waals surface area contributed by atoms with Crippen LogP contribution in [0.1, 0.15) is 35.3 Å². The van der Waals surface area contributed by atoms with Gasteiger partial charge in [0.15, 0.2) is 0 Å². The van der Waals surface area contributed by atoms with Crippen molar-refractivity contribution in [1.82, 2.24) is 0 Å². The van der Waals surface area contributed by atoms with Gasteiger partial charge < -0.3 is 5.73 Å². The summed E-state index contributed by atoms with van der Waals surface area (Å²) in [7, 11) is 0. The Morgan fingerprint density at radius 1 is 1.10 bits per heavy atom. The first kappa shape index (κ1) is 16.4. The monoisotopic (exact) mass is 319 g/mol. The molecule has 0 aliphatic carbocycles. The van der Waals surface area contributed by atoms with Gasteiger partial charge in [-0.15, -0.1) is 11.8 Å². The fourth-order valence-electron chi connectivity index (χ4n) is 2.36. The molecule has 2 atom stereocenters. The molecule has 21 heavy (non-hydrogen) atoms. The van der Waals surface area contributed by atoms with Crippen LogP contribution in [0, 0.1) is 6.92 Å². The van der Waals surface area contributed by atoms with E-state index in [-0.39, 0.29) is 6.04 Å². The van der Waals surface area contributed by atoms with Gasteiger partial charge in [0.25, 0.3) is 0 Å². The van der Waals surface area contributed by atoms with Crippen molar-refractivity contribution in [3.05, 3.63) is 70.2 Å². The van der Waals surface area contributed by atoms with Crippen LogP contribution in [0.4, 0.5) is 0 Å². The standard InChI is InChI=1S/C18H22ClNS/c1-3-17(20)18(15-10-6-4-8-13(15)2)21-12-14-9-5-7-11-16(14)19/h4-11,17-18H,3,12,20H2,1-2H3. The van der Waals surface area contributed by atoms with E-state index in [0.29, 0.717) is 5.25 Å². The molecule has 2 aromatic rings. The molecule has 0 radical (unpaired) electrons. The normalized spacial score (nSPS) is 13.9. The summed E-state index contributed by atoms with van der Waals surface area (Å²) in [6.07, 6.45) is 0.967. The van der Waals surface area contributed by atoms with Gasteiger partial charge >= 0.3 is 0 Å². The molecule has 0 aromatic heterocycles. The summed E-state index contributed by atoms with van der Waals surface area (Å²) in [6, 6.07) is 16.7. The fraction of sp³-hybridized carbons (Fsp3) is 0.333. The molecule has 2 N–H and O–H groups in total. The van der Waals surface area contributed by atoms with Crippen LogP contribution in [0.3, 0.4) is 0 Å². The highest BCUT2D eigenvalue weighted by molar-refractivity contribution is 7.98. The number of hydrogen-bond donors (Lipinski definition) is 1. The fourth-order valence-corrected chi connectivity index (χ4v) is 4.14. The third-order valence-corrected chi connectivity index (χ3v) is 5.54. The van der Waals surface area contributed by atoms with Crippen LogP contribution in [0.25, 0.3) is 0 Å². The van der Waals surface area contributed by atoms with Gasteiger partial charge in [0.2, 0.25) is 0 Å². The lowest BCUT2D eigenvalue weighted by molar-refractivity contribution is 0.632. The number of hydrogen-bond acceptors (Lipinski definition) is 2. The Morgan fingerprint density at radius 2 is 1.76 bits per heavy atom. The third-order valence-electron chi connectivity index (χ3n) is 3.73. The van der Waals surface area contributed by atoms with Crippen LogP contribution in [0.15, 0.2) is 48.5 Å². The molecular weight excluding hydrogens is 298 g/mol. The number of aryl methyl sites for hydroxylation is 1. The topological polar surface area (TPSA) is 26.0 Å². The van der Waals surface area contributed by atoms with Crippen molar-refractivity contribution >= 4 is 23.4 Å². The highest BCUT2D eigenvalue weighted by Gasteiger charge is 2.20. The van der Waals surface area contributed by atoms with E-state index in [9.17, 15) is 0 Å². The lowest BCUT2D eigenvalue weighted by Gasteiger charge is -2.24. The minimum atomic E-state index is 0.151. The van der Waals surface area contributed by atoms with Gasteiger partial charge in [-0.1, -0.05) is 61.0 Å². The van der Waals surface area contributed by atoms with Gasteiger partial charge in [-0.2, -0.15) is 0 Å². The van der Waals surface area contributed by atoms with Crippen LogP contribution in [0.5, 0.6) is 0 Å². The molecule has 3 heteroatoms. The van der Waals surface area contributed by atoms with Crippen LogP contribution in [-0.4, -0.2) is 6.04 Å². The molecule has 0 aliphatic rings. The number of thioether (sulfide) groups is 1. The van der Waals surface area contributed by atoms with Gasteiger partial charge in [-0.25, -0.2) is 0 Å². The second-order valence-corrected chi connectivity index (χ2v) is 6.79. The minimum absolute atomic E-state index is 0.151. The largest absolute Gasteiger partial charge is 0.326 e. The quantitative estimate of drug-likeness (QED) is 0.775. The van der Waals surface area contributed by atoms with Crippen molar-refractivity contribution in [3.8, 4) is 0 Å². The molecule has 2 rings (SSSR count). The van der Waals surface area contributed by atoms with Crippen molar-refractivity contribution in [2.45, 2.75) is 37.3 Å².